The van der Waals surface area contributed by atoms with Gasteiger partial charge in [0.2, 0.25) is 17.6 Å². The topological polar surface area (TPSA) is 71.7 Å². The molecule has 30 heavy (non-hydrogen) atoms. The first-order valence-corrected chi connectivity index (χ1v) is 10.2. The molecule has 0 bridgehead atoms. The molecule has 1 amide bonds. The minimum Gasteiger partial charge on any atom is -0.497 e. The van der Waals surface area contributed by atoms with Gasteiger partial charge in [-0.05, 0) is 19.1 Å². The summed E-state index contributed by atoms with van der Waals surface area (Å²) in [6.07, 6.45) is 0.822. The predicted octanol–water partition coefficient (Wildman–Crippen LogP) is 3.34. The monoisotopic (exact) mass is 406 g/mol. The number of aryl methyl sites for hydroxylation is 2. The molecule has 3 aromatic rings. The second-order valence-corrected chi connectivity index (χ2v) is 7.45. The number of methoxy groups -OCH3 is 1. The first kappa shape index (κ1) is 19.9. The van der Waals surface area contributed by atoms with Crippen LogP contribution in [0.25, 0.3) is 11.4 Å². The van der Waals surface area contributed by atoms with E-state index in [4.69, 9.17) is 9.26 Å². The summed E-state index contributed by atoms with van der Waals surface area (Å²) < 4.78 is 10.6. The van der Waals surface area contributed by atoms with Gasteiger partial charge in [-0.1, -0.05) is 41.1 Å². The van der Waals surface area contributed by atoms with Crippen molar-refractivity contribution in [1.82, 2.24) is 15.0 Å². The van der Waals surface area contributed by atoms with Crippen LogP contribution in [0.15, 0.2) is 53.1 Å². The van der Waals surface area contributed by atoms with Crippen LogP contribution in [-0.4, -0.2) is 54.2 Å². The third kappa shape index (κ3) is 4.62. The molecule has 1 aromatic heterocycles. The Kier molecular flexibility index (Phi) is 5.97. The maximum Gasteiger partial charge on any atom is 0.227 e. The number of piperazine rings is 1. The van der Waals surface area contributed by atoms with Crippen LogP contribution >= 0.6 is 0 Å². The number of nitrogens with zero attached hydrogens (tertiary/aromatic N) is 4. The lowest BCUT2D eigenvalue weighted by Crippen LogP contribution is -2.48. The Balaban J connectivity index is 1.28. The van der Waals surface area contributed by atoms with Gasteiger partial charge in [-0.15, -0.1) is 0 Å². The Hall–Kier alpha value is -3.35. The van der Waals surface area contributed by atoms with Crippen molar-refractivity contribution >= 4 is 11.6 Å². The van der Waals surface area contributed by atoms with Crippen LogP contribution in [0.4, 0.5) is 5.69 Å². The normalized spacial score (nSPS) is 14.1. The average Bonchev–Trinajstić information content (AvgIpc) is 3.27. The summed E-state index contributed by atoms with van der Waals surface area (Å²) in [5.74, 6) is 2.02. The molecule has 7 heteroatoms. The lowest BCUT2D eigenvalue weighted by molar-refractivity contribution is -0.131. The van der Waals surface area contributed by atoms with E-state index in [0.29, 0.717) is 37.6 Å². The fraction of sp³-hybridized carbons (Fsp3) is 0.348. The number of carbonyl (C=O) groups excluding carboxylic acids is 1. The van der Waals surface area contributed by atoms with Crippen molar-refractivity contribution < 1.29 is 14.1 Å². The molecule has 4 rings (SSSR count). The van der Waals surface area contributed by atoms with Gasteiger partial charge >= 0.3 is 0 Å². The first-order chi connectivity index (χ1) is 14.6. The van der Waals surface area contributed by atoms with Crippen LogP contribution in [0, 0.1) is 6.92 Å². The molecule has 0 aliphatic carbocycles. The molecule has 0 spiro atoms. The maximum atomic E-state index is 12.6. The number of ether oxygens (including phenoxy) is 1. The summed E-state index contributed by atoms with van der Waals surface area (Å²) in [6, 6.07) is 16.0. The van der Waals surface area contributed by atoms with Crippen LogP contribution in [0.2, 0.25) is 0 Å². The van der Waals surface area contributed by atoms with E-state index in [1.807, 2.05) is 54.3 Å². The molecule has 1 aliphatic heterocycles. The number of benzene rings is 2. The van der Waals surface area contributed by atoms with Gasteiger partial charge < -0.3 is 19.1 Å². The lowest BCUT2D eigenvalue weighted by Gasteiger charge is -2.36. The number of amides is 1. The quantitative estimate of drug-likeness (QED) is 0.625. The number of hydrogen-bond acceptors (Lipinski definition) is 6. The van der Waals surface area contributed by atoms with Gasteiger partial charge in [-0.3, -0.25) is 4.79 Å². The highest BCUT2D eigenvalue weighted by Crippen LogP contribution is 2.22. The van der Waals surface area contributed by atoms with E-state index in [2.05, 4.69) is 21.1 Å². The molecular formula is C23H26N4O3. The van der Waals surface area contributed by atoms with E-state index in [0.717, 1.165) is 30.1 Å². The predicted molar refractivity (Wildman–Crippen MR) is 115 cm³/mol. The molecule has 156 valence electrons. The second kappa shape index (κ2) is 8.98. The smallest absolute Gasteiger partial charge is 0.227 e. The Labute approximate surface area is 176 Å². The van der Waals surface area contributed by atoms with Crippen LogP contribution in [-0.2, 0) is 11.2 Å². The molecule has 2 aromatic carbocycles. The van der Waals surface area contributed by atoms with Crippen molar-refractivity contribution in [1.29, 1.82) is 0 Å². The van der Waals surface area contributed by atoms with E-state index < -0.39 is 0 Å². The molecule has 0 unspecified atom stereocenters. The number of rotatable bonds is 6. The lowest BCUT2D eigenvalue weighted by atomic mass is 10.1. The standard InChI is InChI=1S/C23H26N4O3/c1-17-6-8-18(9-7-17)23-24-21(30-25-23)10-11-22(28)27-14-12-26(13-15-27)19-4-3-5-20(16-19)29-2/h3-9,16H,10-15H2,1-2H3. The van der Waals surface area contributed by atoms with E-state index in [-0.39, 0.29) is 5.91 Å². The van der Waals surface area contributed by atoms with Gasteiger partial charge in [0.25, 0.3) is 0 Å². The highest BCUT2D eigenvalue weighted by atomic mass is 16.5. The molecule has 2 heterocycles. The highest BCUT2D eigenvalue weighted by Gasteiger charge is 2.22. The van der Waals surface area contributed by atoms with Crippen molar-refractivity contribution in [3.05, 3.63) is 60.0 Å². The maximum absolute atomic E-state index is 12.6. The SMILES string of the molecule is COc1cccc(N2CCN(C(=O)CCc3nc(-c4ccc(C)cc4)no3)CC2)c1. The molecule has 0 atom stereocenters. The number of anilines is 1. The highest BCUT2D eigenvalue weighted by molar-refractivity contribution is 5.76. The van der Waals surface area contributed by atoms with Crippen molar-refractivity contribution in [3.8, 4) is 17.1 Å². The Morgan fingerprint density at radius 3 is 2.60 bits per heavy atom. The number of aromatic nitrogens is 2. The van der Waals surface area contributed by atoms with Crippen molar-refractivity contribution in [3.63, 3.8) is 0 Å². The molecule has 1 aliphatic rings. The van der Waals surface area contributed by atoms with E-state index in [1.54, 1.807) is 7.11 Å². The fourth-order valence-corrected chi connectivity index (χ4v) is 3.57. The molecule has 0 radical (unpaired) electrons. The zero-order chi connectivity index (χ0) is 20.9. The Morgan fingerprint density at radius 1 is 1.10 bits per heavy atom. The molecule has 7 nitrogen and oxygen atoms in total. The van der Waals surface area contributed by atoms with Gasteiger partial charge in [0.15, 0.2) is 0 Å². The molecule has 1 fully saturated rings. The van der Waals surface area contributed by atoms with E-state index >= 15 is 0 Å². The Bertz CT molecular complexity index is 992. The van der Waals surface area contributed by atoms with Gasteiger partial charge in [-0.25, -0.2) is 0 Å². The second-order valence-electron chi connectivity index (χ2n) is 7.45. The van der Waals surface area contributed by atoms with E-state index in [1.165, 1.54) is 5.56 Å². The third-order valence-corrected chi connectivity index (χ3v) is 5.38. The Morgan fingerprint density at radius 2 is 1.87 bits per heavy atom. The van der Waals surface area contributed by atoms with Crippen LogP contribution in [0.5, 0.6) is 5.75 Å². The zero-order valence-corrected chi connectivity index (χ0v) is 17.4. The molecule has 0 saturated carbocycles. The fourth-order valence-electron chi connectivity index (χ4n) is 3.57. The summed E-state index contributed by atoms with van der Waals surface area (Å²) in [4.78, 5) is 21.2. The number of carbonyl (C=O) groups is 1. The third-order valence-electron chi connectivity index (χ3n) is 5.38. The van der Waals surface area contributed by atoms with Crippen LogP contribution in [0.3, 0.4) is 0 Å². The summed E-state index contributed by atoms with van der Waals surface area (Å²) in [7, 11) is 1.67. The summed E-state index contributed by atoms with van der Waals surface area (Å²) in [5, 5.41) is 4.04. The minimum absolute atomic E-state index is 0.121. The summed E-state index contributed by atoms with van der Waals surface area (Å²) >= 11 is 0. The van der Waals surface area contributed by atoms with Crippen LogP contribution in [0.1, 0.15) is 17.9 Å². The van der Waals surface area contributed by atoms with Gasteiger partial charge in [-0.2, -0.15) is 4.98 Å². The summed E-state index contributed by atoms with van der Waals surface area (Å²) in [6.45, 7) is 5.05. The summed E-state index contributed by atoms with van der Waals surface area (Å²) in [5.41, 5.74) is 3.21. The molecule has 1 saturated heterocycles. The minimum atomic E-state index is 0.121. The van der Waals surface area contributed by atoms with Gasteiger partial charge in [0.1, 0.15) is 5.75 Å². The first-order valence-electron chi connectivity index (χ1n) is 10.2. The van der Waals surface area contributed by atoms with Crippen molar-refractivity contribution in [2.75, 3.05) is 38.2 Å². The van der Waals surface area contributed by atoms with E-state index in [9.17, 15) is 4.79 Å². The van der Waals surface area contributed by atoms with Gasteiger partial charge in [0, 0.05) is 56.3 Å². The zero-order valence-electron chi connectivity index (χ0n) is 17.4. The van der Waals surface area contributed by atoms with Gasteiger partial charge in [0.05, 0.1) is 7.11 Å². The van der Waals surface area contributed by atoms with Crippen molar-refractivity contribution in [2.24, 2.45) is 0 Å². The van der Waals surface area contributed by atoms with Crippen LogP contribution < -0.4 is 9.64 Å². The average molecular weight is 406 g/mol. The largest absolute Gasteiger partial charge is 0.497 e. The molecule has 0 N–H and O–H groups in total. The molecular weight excluding hydrogens is 380 g/mol. The van der Waals surface area contributed by atoms with Crippen molar-refractivity contribution in [2.45, 2.75) is 19.8 Å². The number of hydrogen-bond donors (Lipinski definition) is 0.